The van der Waals surface area contributed by atoms with Crippen LogP contribution in [-0.2, 0) is 23.1 Å². The fraction of sp³-hybridized carbons (Fsp3) is 0.765. The maximum absolute atomic E-state index is 12.5. The Kier molecular flexibility index (Phi) is 5.94. The molecule has 2 aliphatic rings. The Bertz CT molecular complexity index is 713. The summed E-state index contributed by atoms with van der Waals surface area (Å²) in [5.74, 6) is 0.715. The van der Waals surface area contributed by atoms with Gasteiger partial charge in [-0.1, -0.05) is 0 Å². The van der Waals surface area contributed by atoms with Crippen molar-refractivity contribution in [3.63, 3.8) is 0 Å². The molecule has 0 saturated carbocycles. The number of rotatable bonds is 3. The number of halogens is 1. The summed E-state index contributed by atoms with van der Waals surface area (Å²) in [5.41, 5.74) is -0.0142. The molecule has 1 aromatic rings. The van der Waals surface area contributed by atoms with Gasteiger partial charge in [0.15, 0.2) is 0 Å². The summed E-state index contributed by atoms with van der Waals surface area (Å²) in [7, 11) is 1.77. The van der Waals surface area contributed by atoms with Gasteiger partial charge < -0.3 is 14.2 Å². The van der Waals surface area contributed by atoms with Gasteiger partial charge in [-0.15, -0.1) is 4.72 Å². The molecule has 0 bridgehead atoms. The molecule has 3 rings (SSSR count). The zero-order valence-corrected chi connectivity index (χ0v) is 18.7. The van der Waals surface area contributed by atoms with Crippen LogP contribution in [0.15, 0.2) is 11.0 Å². The zero-order valence-electron chi connectivity index (χ0n) is 15.7. The van der Waals surface area contributed by atoms with Crippen LogP contribution in [-0.4, -0.2) is 51.2 Å². The largest absolute Gasteiger partial charge is 0.598 e. The van der Waals surface area contributed by atoms with Gasteiger partial charge in [-0.3, -0.25) is 9.36 Å². The molecular weight excluding hydrogens is 467 g/mol. The molecule has 0 aromatic carbocycles. The van der Waals surface area contributed by atoms with Crippen LogP contribution in [0, 0.1) is 8.99 Å². The molecule has 1 N–H and O–H groups in total. The number of hydrogen-bond acceptors (Lipinski definition) is 6. The molecule has 1 aromatic heterocycles. The van der Waals surface area contributed by atoms with Gasteiger partial charge in [-0.05, 0) is 56.2 Å². The number of aromatic nitrogens is 2. The lowest BCUT2D eigenvalue weighted by Gasteiger charge is -2.42. The third-order valence-electron chi connectivity index (χ3n) is 5.36. The molecule has 2 atom stereocenters. The molecule has 0 aliphatic carbocycles. The normalized spacial score (nSPS) is 24.2. The Morgan fingerprint density at radius 3 is 2.69 bits per heavy atom. The lowest BCUT2D eigenvalue weighted by atomic mass is 9.75. The Balaban J connectivity index is 1.71. The standard InChI is InChI=1S/C17H27IN4O3S/c1-16(2,3)26(24)20-13-10-25-11-17(13)5-7-22(8-6-17)15-19-9-12(18)14(23)21(15)4/h9,13,20H,5-8,10-11H2,1-4H3/t13-,26?/m1/s1. The molecule has 0 radical (unpaired) electrons. The van der Waals surface area contributed by atoms with E-state index in [1.807, 2.05) is 43.4 Å². The second kappa shape index (κ2) is 7.57. The monoisotopic (exact) mass is 494 g/mol. The molecule has 26 heavy (non-hydrogen) atoms. The Morgan fingerprint density at radius 1 is 1.42 bits per heavy atom. The molecule has 7 nitrogen and oxygen atoms in total. The fourth-order valence-electron chi connectivity index (χ4n) is 3.57. The third kappa shape index (κ3) is 3.91. The first-order valence-corrected chi connectivity index (χ1v) is 11.1. The van der Waals surface area contributed by atoms with Crippen LogP contribution in [0.1, 0.15) is 33.6 Å². The van der Waals surface area contributed by atoms with Crippen LogP contribution in [0.5, 0.6) is 0 Å². The average molecular weight is 494 g/mol. The second-order valence-electron chi connectivity index (χ2n) is 8.19. The Morgan fingerprint density at radius 2 is 2.08 bits per heavy atom. The van der Waals surface area contributed by atoms with Crippen LogP contribution < -0.4 is 15.2 Å². The van der Waals surface area contributed by atoms with Gasteiger partial charge in [0.25, 0.3) is 5.56 Å². The number of piperidine rings is 1. The minimum absolute atomic E-state index is 0.000516. The van der Waals surface area contributed by atoms with E-state index in [0.717, 1.165) is 25.9 Å². The first kappa shape index (κ1) is 20.4. The first-order chi connectivity index (χ1) is 12.1. The predicted octanol–water partition coefficient (Wildman–Crippen LogP) is 1.42. The van der Waals surface area contributed by atoms with E-state index in [2.05, 4.69) is 14.6 Å². The Labute approximate surface area is 171 Å². The summed E-state index contributed by atoms with van der Waals surface area (Å²) in [5, 5.41) is 0. The number of nitrogens with zero attached hydrogens (tertiary/aromatic N) is 3. The highest BCUT2D eigenvalue weighted by Gasteiger charge is 2.49. The SMILES string of the molecule is Cn1c(N2CCC3(CC2)COC[C@H]3N[S+]([O-])C(C)(C)C)ncc(I)c1=O. The summed E-state index contributed by atoms with van der Waals surface area (Å²) in [6.07, 6.45) is 3.49. The summed E-state index contributed by atoms with van der Waals surface area (Å²) >= 11 is 0.904. The molecule has 2 fully saturated rings. The van der Waals surface area contributed by atoms with Crippen LogP contribution in [0.3, 0.4) is 0 Å². The highest BCUT2D eigenvalue weighted by atomic mass is 127. The minimum Gasteiger partial charge on any atom is -0.598 e. The molecule has 2 saturated heterocycles. The van der Waals surface area contributed by atoms with Gasteiger partial charge in [0.2, 0.25) is 5.95 Å². The maximum Gasteiger partial charge on any atom is 0.268 e. The fourth-order valence-corrected chi connectivity index (χ4v) is 5.00. The second-order valence-corrected chi connectivity index (χ2v) is 11.3. The lowest BCUT2D eigenvalue weighted by molar-refractivity contribution is 0.130. The topological polar surface area (TPSA) is 82.4 Å². The average Bonchev–Trinajstić information content (AvgIpc) is 2.95. The van der Waals surface area contributed by atoms with Crippen molar-refractivity contribution < 1.29 is 9.29 Å². The third-order valence-corrected chi connectivity index (χ3v) is 7.71. The van der Waals surface area contributed by atoms with Crippen molar-refractivity contribution in [2.24, 2.45) is 12.5 Å². The highest BCUT2D eigenvalue weighted by molar-refractivity contribution is 14.1. The van der Waals surface area contributed by atoms with Crippen molar-refractivity contribution in [1.82, 2.24) is 14.3 Å². The summed E-state index contributed by atoms with van der Waals surface area (Å²) in [6.45, 7) is 8.84. The molecule has 3 heterocycles. The van der Waals surface area contributed by atoms with Crippen molar-refractivity contribution in [2.75, 3.05) is 31.2 Å². The molecule has 2 aliphatic heterocycles. The summed E-state index contributed by atoms with van der Waals surface area (Å²) in [6, 6.07) is 0.0956. The predicted molar refractivity (Wildman–Crippen MR) is 112 cm³/mol. The summed E-state index contributed by atoms with van der Waals surface area (Å²) < 4.78 is 23.6. The smallest absolute Gasteiger partial charge is 0.268 e. The quantitative estimate of drug-likeness (QED) is 0.506. The molecule has 1 unspecified atom stereocenters. The summed E-state index contributed by atoms with van der Waals surface area (Å²) in [4.78, 5) is 18.8. The molecular formula is C17H27IN4O3S. The highest BCUT2D eigenvalue weighted by Crippen LogP contribution is 2.40. The maximum atomic E-state index is 12.5. The number of anilines is 1. The van der Waals surface area contributed by atoms with Crippen LogP contribution >= 0.6 is 22.6 Å². The van der Waals surface area contributed by atoms with Crippen molar-refractivity contribution in [1.29, 1.82) is 0 Å². The molecule has 0 amide bonds. The van der Waals surface area contributed by atoms with E-state index in [-0.39, 0.29) is 21.8 Å². The van der Waals surface area contributed by atoms with E-state index < -0.39 is 11.4 Å². The lowest BCUT2D eigenvalue weighted by Crippen LogP contribution is -2.55. The van der Waals surface area contributed by atoms with Gasteiger partial charge in [0.1, 0.15) is 4.75 Å². The van der Waals surface area contributed by atoms with E-state index in [1.54, 1.807) is 17.8 Å². The van der Waals surface area contributed by atoms with Gasteiger partial charge in [0.05, 0.1) is 22.8 Å². The van der Waals surface area contributed by atoms with Crippen LogP contribution in [0.2, 0.25) is 0 Å². The molecule has 9 heteroatoms. The zero-order chi connectivity index (χ0) is 19.1. The molecule has 146 valence electrons. The van der Waals surface area contributed by atoms with E-state index in [9.17, 15) is 9.35 Å². The minimum atomic E-state index is -1.11. The number of nitrogens with one attached hydrogen (secondary N) is 1. The van der Waals surface area contributed by atoms with Crippen LogP contribution in [0.25, 0.3) is 0 Å². The number of ether oxygens (including phenoxy) is 1. The van der Waals surface area contributed by atoms with E-state index in [0.29, 0.717) is 22.7 Å². The first-order valence-electron chi connectivity index (χ1n) is 8.86. The van der Waals surface area contributed by atoms with Gasteiger partial charge in [-0.2, -0.15) is 0 Å². The Hall–Kier alpha value is -0.360. The molecule has 1 spiro atoms. The van der Waals surface area contributed by atoms with Crippen molar-refractivity contribution in [3.05, 3.63) is 20.1 Å². The van der Waals surface area contributed by atoms with Crippen molar-refractivity contribution >= 4 is 39.9 Å². The van der Waals surface area contributed by atoms with E-state index >= 15 is 0 Å². The van der Waals surface area contributed by atoms with Crippen LogP contribution in [0.4, 0.5) is 5.95 Å². The van der Waals surface area contributed by atoms with Gasteiger partial charge >= 0.3 is 0 Å². The van der Waals surface area contributed by atoms with Gasteiger partial charge in [0, 0.05) is 43.1 Å². The van der Waals surface area contributed by atoms with Crippen molar-refractivity contribution in [3.8, 4) is 0 Å². The van der Waals surface area contributed by atoms with E-state index in [4.69, 9.17) is 4.74 Å². The van der Waals surface area contributed by atoms with Crippen molar-refractivity contribution in [2.45, 2.75) is 44.4 Å². The van der Waals surface area contributed by atoms with Gasteiger partial charge in [-0.25, -0.2) is 4.98 Å². The van der Waals surface area contributed by atoms with E-state index in [1.165, 1.54) is 0 Å². The number of hydrogen-bond donors (Lipinski definition) is 1.